The van der Waals surface area contributed by atoms with E-state index in [0.29, 0.717) is 17.2 Å². The van der Waals surface area contributed by atoms with Gasteiger partial charge in [0.15, 0.2) is 11.5 Å². The van der Waals surface area contributed by atoms with Crippen LogP contribution in [0.25, 0.3) is 11.6 Å². The SMILES string of the molecule is Nc1cccnc1-c1nc(CCOCC(F)F)no1. The van der Waals surface area contributed by atoms with Crippen LogP contribution in [0.15, 0.2) is 22.9 Å². The van der Waals surface area contributed by atoms with Crippen molar-refractivity contribution in [3.05, 3.63) is 24.2 Å². The van der Waals surface area contributed by atoms with Gasteiger partial charge in [0.25, 0.3) is 12.3 Å². The molecular weight excluding hydrogens is 258 g/mol. The van der Waals surface area contributed by atoms with Crippen molar-refractivity contribution in [1.82, 2.24) is 15.1 Å². The molecule has 0 bridgehead atoms. The molecule has 2 rings (SSSR count). The Balaban J connectivity index is 1.94. The molecule has 0 saturated carbocycles. The van der Waals surface area contributed by atoms with Gasteiger partial charge in [-0.1, -0.05) is 5.16 Å². The summed E-state index contributed by atoms with van der Waals surface area (Å²) < 4.78 is 33.4. The first-order valence-electron chi connectivity index (χ1n) is 5.56. The molecule has 0 aliphatic heterocycles. The highest BCUT2D eigenvalue weighted by Gasteiger charge is 2.12. The van der Waals surface area contributed by atoms with Crippen molar-refractivity contribution in [3.63, 3.8) is 0 Å². The molecule has 0 saturated heterocycles. The Bertz CT molecular complexity index is 533. The molecule has 0 radical (unpaired) electrons. The van der Waals surface area contributed by atoms with Gasteiger partial charge in [-0.3, -0.25) is 0 Å². The number of pyridine rings is 1. The molecule has 0 atom stereocenters. The zero-order valence-electron chi connectivity index (χ0n) is 9.92. The zero-order chi connectivity index (χ0) is 13.7. The third-order valence-corrected chi connectivity index (χ3v) is 2.22. The van der Waals surface area contributed by atoms with Gasteiger partial charge in [-0.05, 0) is 12.1 Å². The van der Waals surface area contributed by atoms with Crippen molar-refractivity contribution >= 4 is 5.69 Å². The summed E-state index contributed by atoms with van der Waals surface area (Å²) in [5.41, 5.74) is 6.54. The molecule has 2 aromatic heterocycles. The molecule has 0 aromatic carbocycles. The predicted octanol–water partition coefficient (Wildman–Crippen LogP) is 1.54. The van der Waals surface area contributed by atoms with Crippen LogP contribution in [0.5, 0.6) is 0 Å². The number of nitrogens with zero attached hydrogens (tertiary/aromatic N) is 3. The molecule has 0 amide bonds. The van der Waals surface area contributed by atoms with E-state index < -0.39 is 13.0 Å². The molecule has 0 spiro atoms. The van der Waals surface area contributed by atoms with Gasteiger partial charge in [0.2, 0.25) is 0 Å². The number of nitrogen functional groups attached to an aromatic ring is 1. The maximum atomic E-state index is 11.8. The largest absolute Gasteiger partial charge is 0.397 e. The molecule has 2 N–H and O–H groups in total. The van der Waals surface area contributed by atoms with Gasteiger partial charge in [-0.2, -0.15) is 4.98 Å². The molecule has 102 valence electrons. The van der Waals surface area contributed by atoms with Crippen LogP contribution in [0, 0.1) is 0 Å². The number of nitrogens with two attached hydrogens (primary N) is 1. The monoisotopic (exact) mass is 270 g/mol. The Morgan fingerprint density at radius 2 is 2.26 bits per heavy atom. The molecular formula is C11H12F2N4O2. The number of anilines is 1. The summed E-state index contributed by atoms with van der Waals surface area (Å²) in [5.74, 6) is 0.552. The fourth-order valence-corrected chi connectivity index (χ4v) is 1.38. The predicted molar refractivity (Wildman–Crippen MR) is 62.5 cm³/mol. The molecule has 0 aliphatic carbocycles. The van der Waals surface area contributed by atoms with E-state index in [-0.39, 0.29) is 18.9 Å². The van der Waals surface area contributed by atoms with Crippen molar-refractivity contribution < 1.29 is 18.0 Å². The van der Waals surface area contributed by atoms with Gasteiger partial charge in [-0.15, -0.1) is 0 Å². The van der Waals surface area contributed by atoms with Crippen LogP contribution in [-0.2, 0) is 11.2 Å². The van der Waals surface area contributed by atoms with Crippen LogP contribution < -0.4 is 5.73 Å². The minimum absolute atomic E-state index is 0.0982. The standard InChI is InChI=1S/C11H12F2N4O2/c12-8(13)6-18-5-3-9-16-11(19-17-9)10-7(14)2-1-4-15-10/h1-2,4,8H,3,5-6,14H2. The Labute approximate surface area is 107 Å². The van der Waals surface area contributed by atoms with E-state index in [2.05, 4.69) is 15.1 Å². The number of halogens is 2. The molecule has 6 nitrogen and oxygen atoms in total. The third-order valence-electron chi connectivity index (χ3n) is 2.22. The topological polar surface area (TPSA) is 87.1 Å². The van der Waals surface area contributed by atoms with Crippen LogP contribution in [0.3, 0.4) is 0 Å². The maximum absolute atomic E-state index is 11.8. The summed E-state index contributed by atoms with van der Waals surface area (Å²) in [4.78, 5) is 8.10. The third kappa shape index (κ3) is 3.68. The van der Waals surface area contributed by atoms with Crippen LogP contribution in [0.4, 0.5) is 14.5 Å². The van der Waals surface area contributed by atoms with E-state index in [1.54, 1.807) is 18.3 Å². The Kier molecular flexibility index (Phi) is 4.35. The van der Waals surface area contributed by atoms with Crippen LogP contribution in [0.1, 0.15) is 5.82 Å². The molecule has 0 fully saturated rings. The van der Waals surface area contributed by atoms with E-state index >= 15 is 0 Å². The van der Waals surface area contributed by atoms with Crippen molar-refractivity contribution in [1.29, 1.82) is 0 Å². The lowest BCUT2D eigenvalue weighted by Gasteiger charge is -1.99. The molecule has 8 heteroatoms. The summed E-state index contributed by atoms with van der Waals surface area (Å²) in [5, 5.41) is 3.70. The van der Waals surface area contributed by atoms with Gasteiger partial charge in [0.1, 0.15) is 6.61 Å². The fourth-order valence-electron chi connectivity index (χ4n) is 1.38. The number of ether oxygens (including phenoxy) is 1. The second-order valence-corrected chi connectivity index (χ2v) is 3.67. The van der Waals surface area contributed by atoms with E-state index in [0.717, 1.165) is 0 Å². The second-order valence-electron chi connectivity index (χ2n) is 3.67. The molecule has 0 unspecified atom stereocenters. The molecule has 2 aromatic rings. The number of rotatable bonds is 6. The van der Waals surface area contributed by atoms with Crippen LogP contribution in [-0.4, -0.2) is 34.8 Å². The summed E-state index contributed by atoms with van der Waals surface area (Å²) in [6.45, 7) is -0.501. The lowest BCUT2D eigenvalue weighted by molar-refractivity contribution is 0.0182. The van der Waals surface area contributed by atoms with Crippen molar-refractivity contribution in [2.24, 2.45) is 0 Å². The average molecular weight is 270 g/mol. The van der Waals surface area contributed by atoms with Gasteiger partial charge < -0.3 is 15.0 Å². The normalized spacial score (nSPS) is 11.1. The summed E-state index contributed by atoms with van der Waals surface area (Å²) >= 11 is 0. The summed E-state index contributed by atoms with van der Waals surface area (Å²) in [6, 6.07) is 3.35. The quantitative estimate of drug-likeness (QED) is 0.801. The highest BCUT2D eigenvalue weighted by Crippen LogP contribution is 2.20. The Morgan fingerprint density at radius 3 is 3.00 bits per heavy atom. The fraction of sp³-hybridized carbons (Fsp3) is 0.364. The lowest BCUT2D eigenvalue weighted by atomic mass is 10.3. The van der Waals surface area contributed by atoms with Crippen molar-refractivity contribution in [2.45, 2.75) is 12.8 Å². The van der Waals surface area contributed by atoms with E-state index in [9.17, 15) is 8.78 Å². The molecule has 0 aliphatic rings. The minimum atomic E-state index is -2.48. The highest BCUT2D eigenvalue weighted by molar-refractivity contribution is 5.65. The number of aromatic nitrogens is 3. The van der Waals surface area contributed by atoms with Gasteiger partial charge in [0.05, 0.1) is 12.3 Å². The first kappa shape index (κ1) is 13.3. The Hall–Kier alpha value is -2.09. The van der Waals surface area contributed by atoms with Gasteiger partial charge in [0, 0.05) is 12.6 Å². The number of hydrogen-bond donors (Lipinski definition) is 1. The van der Waals surface area contributed by atoms with Crippen molar-refractivity contribution in [2.75, 3.05) is 18.9 Å². The number of hydrogen-bond acceptors (Lipinski definition) is 6. The average Bonchev–Trinajstić information content (AvgIpc) is 2.83. The number of alkyl halides is 2. The lowest BCUT2D eigenvalue weighted by Crippen LogP contribution is -2.07. The molecule has 2 heterocycles. The second kappa shape index (κ2) is 6.19. The van der Waals surface area contributed by atoms with E-state index in [1.165, 1.54) is 0 Å². The maximum Gasteiger partial charge on any atom is 0.278 e. The minimum Gasteiger partial charge on any atom is -0.397 e. The molecule has 19 heavy (non-hydrogen) atoms. The van der Waals surface area contributed by atoms with Gasteiger partial charge in [-0.25, -0.2) is 13.8 Å². The summed E-state index contributed by atoms with van der Waals surface area (Å²) in [7, 11) is 0. The van der Waals surface area contributed by atoms with Crippen LogP contribution in [0.2, 0.25) is 0 Å². The summed E-state index contributed by atoms with van der Waals surface area (Å²) in [6.07, 6.45) is -0.640. The van der Waals surface area contributed by atoms with E-state index in [4.69, 9.17) is 15.0 Å². The highest BCUT2D eigenvalue weighted by atomic mass is 19.3. The van der Waals surface area contributed by atoms with Crippen molar-refractivity contribution in [3.8, 4) is 11.6 Å². The first-order chi connectivity index (χ1) is 9.16. The zero-order valence-corrected chi connectivity index (χ0v) is 9.92. The smallest absolute Gasteiger partial charge is 0.278 e. The van der Waals surface area contributed by atoms with Gasteiger partial charge >= 0.3 is 0 Å². The Morgan fingerprint density at radius 1 is 1.42 bits per heavy atom. The first-order valence-corrected chi connectivity index (χ1v) is 5.56. The van der Waals surface area contributed by atoms with E-state index in [1.807, 2.05) is 0 Å². The van der Waals surface area contributed by atoms with Crippen LogP contribution >= 0.6 is 0 Å².